The number of rotatable bonds is 14. The maximum Gasteiger partial charge on any atom is 0.119 e. The van der Waals surface area contributed by atoms with E-state index in [1.165, 1.54) is 70.8 Å². The molecule has 0 aromatic carbocycles. The highest BCUT2D eigenvalue weighted by atomic mass is 16.5. The minimum atomic E-state index is 0.747. The SMILES string of the molecule is CCCCCCCCOCN1C=CN(CCCCCC)C1. The van der Waals surface area contributed by atoms with Crippen LogP contribution in [-0.2, 0) is 4.74 Å². The van der Waals surface area contributed by atoms with Gasteiger partial charge in [-0.05, 0) is 12.8 Å². The van der Waals surface area contributed by atoms with E-state index in [1.807, 2.05) is 0 Å². The molecule has 3 heteroatoms. The number of ether oxygens (including phenoxy) is 1. The molecule has 1 heterocycles. The summed E-state index contributed by atoms with van der Waals surface area (Å²) in [7, 11) is 0. The van der Waals surface area contributed by atoms with Gasteiger partial charge in [-0.25, -0.2) is 0 Å². The Bertz CT molecular complexity index is 256. The van der Waals surface area contributed by atoms with E-state index in [9.17, 15) is 0 Å². The smallest absolute Gasteiger partial charge is 0.119 e. The maximum atomic E-state index is 5.76. The van der Waals surface area contributed by atoms with Crippen molar-refractivity contribution in [2.24, 2.45) is 0 Å². The molecule has 124 valence electrons. The van der Waals surface area contributed by atoms with Crippen molar-refractivity contribution in [2.75, 3.05) is 26.6 Å². The van der Waals surface area contributed by atoms with Gasteiger partial charge in [-0.3, -0.25) is 0 Å². The zero-order valence-electron chi connectivity index (χ0n) is 14.4. The Morgan fingerprint density at radius 2 is 1.38 bits per heavy atom. The van der Waals surface area contributed by atoms with Gasteiger partial charge in [0, 0.05) is 25.6 Å². The highest BCUT2D eigenvalue weighted by Crippen LogP contribution is 2.10. The van der Waals surface area contributed by atoms with Crippen LogP contribution in [0.1, 0.15) is 78.1 Å². The molecule has 0 fully saturated rings. The van der Waals surface area contributed by atoms with Gasteiger partial charge in [0.2, 0.25) is 0 Å². The number of hydrogen-bond acceptors (Lipinski definition) is 3. The summed E-state index contributed by atoms with van der Waals surface area (Å²) in [4.78, 5) is 4.65. The van der Waals surface area contributed by atoms with Gasteiger partial charge in [0.05, 0.1) is 6.67 Å². The van der Waals surface area contributed by atoms with Crippen LogP contribution >= 0.6 is 0 Å². The summed E-state index contributed by atoms with van der Waals surface area (Å²) < 4.78 is 5.76. The summed E-state index contributed by atoms with van der Waals surface area (Å²) in [5.41, 5.74) is 0. The summed E-state index contributed by atoms with van der Waals surface area (Å²) in [5.74, 6) is 0. The van der Waals surface area contributed by atoms with E-state index < -0.39 is 0 Å². The van der Waals surface area contributed by atoms with Crippen LogP contribution in [0.5, 0.6) is 0 Å². The Labute approximate surface area is 132 Å². The minimum absolute atomic E-state index is 0.747. The third-order valence-corrected chi connectivity index (χ3v) is 4.05. The molecule has 0 N–H and O–H groups in total. The molecule has 0 saturated heterocycles. The third-order valence-electron chi connectivity index (χ3n) is 4.05. The first-order valence-electron chi connectivity index (χ1n) is 9.11. The van der Waals surface area contributed by atoms with Crippen molar-refractivity contribution in [3.8, 4) is 0 Å². The Hall–Kier alpha value is -0.700. The van der Waals surface area contributed by atoms with Crippen molar-refractivity contribution in [3.63, 3.8) is 0 Å². The number of hydrogen-bond donors (Lipinski definition) is 0. The average molecular weight is 296 g/mol. The second-order valence-corrected chi connectivity index (χ2v) is 6.21. The van der Waals surface area contributed by atoms with Crippen molar-refractivity contribution in [1.82, 2.24) is 9.80 Å². The molecular formula is C18H36N2O. The lowest BCUT2D eigenvalue weighted by atomic mass is 10.1. The molecule has 1 aliphatic heterocycles. The fraction of sp³-hybridized carbons (Fsp3) is 0.889. The lowest BCUT2D eigenvalue weighted by Crippen LogP contribution is -2.28. The third kappa shape index (κ3) is 9.78. The van der Waals surface area contributed by atoms with Crippen molar-refractivity contribution in [3.05, 3.63) is 12.4 Å². The molecule has 0 unspecified atom stereocenters. The molecule has 0 spiro atoms. The first-order chi connectivity index (χ1) is 10.4. The first kappa shape index (κ1) is 18.3. The van der Waals surface area contributed by atoms with E-state index in [4.69, 9.17) is 4.74 Å². The van der Waals surface area contributed by atoms with Crippen molar-refractivity contribution >= 4 is 0 Å². The summed E-state index contributed by atoms with van der Waals surface area (Å²) in [6.07, 6.45) is 17.7. The molecule has 0 radical (unpaired) electrons. The Morgan fingerprint density at radius 1 is 0.762 bits per heavy atom. The molecule has 0 aromatic rings. The molecule has 0 bridgehead atoms. The van der Waals surface area contributed by atoms with E-state index in [-0.39, 0.29) is 0 Å². The predicted molar refractivity (Wildman–Crippen MR) is 90.9 cm³/mol. The van der Waals surface area contributed by atoms with Gasteiger partial charge in [-0.1, -0.05) is 65.2 Å². The van der Waals surface area contributed by atoms with Crippen molar-refractivity contribution in [1.29, 1.82) is 0 Å². The molecule has 1 aliphatic rings. The van der Waals surface area contributed by atoms with Crippen molar-refractivity contribution < 1.29 is 4.74 Å². The van der Waals surface area contributed by atoms with E-state index in [1.54, 1.807) is 0 Å². The molecule has 3 nitrogen and oxygen atoms in total. The first-order valence-corrected chi connectivity index (χ1v) is 9.11. The molecule has 1 rings (SSSR count). The van der Waals surface area contributed by atoms with E-state index in [2.05, 4.69) is 36.0 Å². The van der Waals surface area contributed by atoms with Crippen LogP contribution in [0.15, 0.2) is 12.4 Å². The predicted octanol–water partition coefficient (Wildman–Crippen LogP) is 4.95. The summed E-state index contributed by atoms with van der Waals surface area (Å²) in [5, 5.41) is 0. The van der Waals surface area contributed by atoms with Gasteiger partial charge in [0.1, 0.15) is 6.73 Å². The van der Waals surface area contributed by atoms with Gasteiger partial charge >= 0.3 is 0 Å². The van der Waals surface area contributed by atoms with Crippen LogP contribution in [0.25, 0.3) is 0 Å². The molecule has 0 aromatic heterocycles. The van der Waals surface area contributed by atoms with E-state index in [0.717, 1.165) is 20.0 Å². The number of unbranched alkanes of at least 4 members (excludes halogenated alkanes) is 8. The Balaban J connectivity index is 1.87. The van der Waals surface area contributed by atoms with Crippen LogP contribution in [0.3, 0.4) is 0 Å². The molecule has 0 atom stereocenters. The lowest BCUT2D eigenvalue weighted by Gasteiger charge is -2.21. The normalized spacial score (nSPS) is 14.4. The minimum Gasteiger partial charge on any atom is -0.361 e. The summed E-state index contributed by atoms with van der Waals surface area (Å²) in [6.45, 7) is 8.37. The topological polar surface area (TPSA) is 15.7 Å². The standard InChI is InChI=1S/C18H36N2O/c1-3-5-7-9-10-12-16-21-18-20-15-14-19(17-20)13-11-8-6-4-2/h14-15H,3-13,16-18H2,1-2H3. The Kier molecular flexibility index (Phi) is 11.4. The zero-order valence-corrected chi connectivity index (χ0v) is 14.4. The highest BCUT2D eigenvalue weighted by Gasteiger charge is 2.11. The summed E-state index contributed by atoms with van der Waals surface area (Å²) in [6, 6.07) is 0. The quantitative estimate of drug-likeness (QED) is 0.422. The monoisotopic (exact) mass is 296 g/mol. The van der Waals surface area contributed by atoms with E-state index >= 15 is 0 Å². The van der Waals surface area contributed by atoms with Gasteiger partial charge in [0.15, 0.2) is 0 Å². The fourth-order valence-corrected chi connectivity index (χ4v) is 2.65. The zero-order chi connectivity index (χ0) is 15.2. The van der Waals surface area contributed by atoms with Crippen LogP contribution < -0.4 is 0 Å². The van der Waals surface area contributed by atoms with Crippen LogP contribution in [0.2, 0.25) is 0 Å². The fourth-order valence-electron chi connectivity index (χ4n) is 2.65. The van der Waals surface area contributed by atoms with Crippen LogP contribution in [0.4, 0.5) is 0 Å². The van der Waals surface area contributed by atoms with Gasteiger partial charge in [0.25, 0.3) is 0 Å². The number of nitrogens with zero attached hydrogens (tertiary/aromatic N) is 2. The largest absolute Gasteiger partial charge is 0.361 e. The van der Waals surface area contributed by atoms with Gasteiger partial charge in [-0.15, -0.1) is 0 Å². The van der Waals surface area contributed by atoms with Crippen LogP contribution in [-0.4, -0.2) is 36.4 Å². The van der Waals surface area contributed by atoms with Crippen molar-refractivity contribution in [2.45, 2.75) is 78.1 Å². The molecular weight excluding hydrogens is 260 g/mol. The van der Waals surface area contributed by atoms with Gasteiger partial charge in [-0.2, -0.15) is 0 Å². The van der Waals surface area contributed by atoms with Gasteiger partial charge < -0.3 is 14.5 Å². The maximum absolute atomic E-state index is 5.76. The Morgan fingerprint density at radius 3 is 2.14 bits per heavy atom. The summed E-state index contributed by atoms with van der Waals surface area (Å²) >= 11 is 0. The second kappa shape index (κ2) is 13.0. The highest BCUT2D eigenvalue weighted by molar-refractivity contribution is 4.89. The molecule has 0 amide bonds. The lowest BCUT2D eigenvalue weighted by molar-refractivity contribution is 0.0423. The second-order valence-electron chi connectivity index (χ2n) is 6.21. The molecule has 21 heavy (non-hydrogen) atoms. The van der Waals surface area contributed by atoms with Crippen LogP contribution in [0, 0.1) is 0 Å². The molecule has 0 saturated carbocycles. The average Bonchev–Trinajstić information content (AvgIpc) is 2.94. The van der Waals surface area contributed by atoms with E-state index in [0.29, 0.717) is 0 Å². The molecule has 0 aliphatic carbocycles.